The standard InChI is InChI=1S/C16H9ClF2N2O2S/c17-11-4-1-9(2-5-11)15-20-21-16(23-15)24-8-14(22)10-3-6-12(18)13(19)7-10/h1-7H,8H2. The molecule has 1 aromatic heterocycles. The van der Waals surface area contributed by atoms with Crippen LogP contribution in [0.25, 0.3) is 11.5 Å². The van der Waals surface area contributed by atoms with Crippen LogP contribution in [0.15, 0.2) is 52.1 Å². The number of nitrogens with zero attached hydrogens (tertiary/aromatic N) is 2. The molecule has 3 rings (SSSR count). The summed E-state index contributed by atoms with van der Waals surface area (Å²) in [5.74, 6) is -2.16. The van der Waals surface area contributed by atoms with Crippen LogP contribution in [0.1, 0.15) is 10.4 Å². The number of hydrogen-bond donors (Lipinski definition) is 0. The van der Waals surface area contributed by atoms with Gasteiger partial charge in [-0.2, -0.15) is 0 Å². The number of Topliss-reactive ketones (excluding diaryl/α,β-unsaturated/α-hetero) is 1. The third-order valence-corrected chi connectivity index (χ3v) is 4.14. The fraction of sp³-hybridized carbons (Fsp3) is 0.0625. The van der Waals surface area contributed by atoms with Crippen LogP contribution < -0.4 is 0 Å². The van der Waals surface area contributed by atoms with Gasteiger partial charge in [0.05, 0.1) is 5.75 Å². The fourth-order valence-electron chi connectivity index (χ4n) is 1.86. The van der Waals surface area contributed by atoms with Gasteiger partial charge >= 0.3 is 0 Å². The number of benzene rings is 2. The SMILES string of the molecule is O=C(CSc1nnc(-c2ccc(Cl)cc2)o1)c1ccc(F)c(F)c1. The highest BCUT2D eigenvalue weighted by Crippen LogP contribution is 2.25. The second-order valence-electron chi connectivity index (χ2n) is 4.72. The van der Waals surface area contributed by atoms with E-state index in [1.54, 1.807) is 24.3 Å². The quantitative estimate of drug-likeness (QED) is 0.486. The van der Waals surface area contributed by atoms with Crippen LogP contribution in [-0.2, 0) is 0 Å². The van der Waals surface area contributed by atoms with Gasteiger partial charge in [-0.1, -0.05) is 23.4 Å². The Morgan fingerprint density at radius 1 is 1.08 bits per heavy atom. The molecule has 0 saturated heterocycles. The predicted octanol–water partition coefficient (Wildman–Crippen LogP) is 4.64. The van der Waals surface area contributed by atoms with Crippen molar-refractivity contribution in [2.24, 2.45) is 0 Å². The summed E-state index contributed by atoms with van der Waals surface area (Å²) in [4.78, 5) is 12.0. The minimum Gasteiger partial charge on any atom is -0.411 e. The molecule has 122 valence electrons. The number of carbonyl (C=O) groups is 1. The molecule has 24 heavy (non-hydrogen) atoms. The fourth-order valence-corrected chi connectivity index (χ4v) is 2.64. The van der Waals surface area contributed by atoms with Gasteiger partial charge in [-0.15, -0.1) is 10.2 Å². The molecule has 0 aliphatic heterocycles. The van der Waals surface area contributed by atoms with Crippen LogP contribution >= 0.6 is 23.4 Å². The first-order chi connectivity index (χ1) is 11.5. The summed E-state index contributed by atoms with van der Waals surface area (Å²) < 4.78 is 31.5. The first-order valence-electron chi connectivity index (χ1n) is 6.73. The van der Waals surface area contributed by atoms with Gasteiger partial charge in [0.15, 0.2) is 17.4 Å². The number of thioether (sulfide) groups is 1. The second kappa shape index (κ2) is 7.11. The van der Waals surface area contributed by atoms with E-state index in [0.717, 1.165) is 23.9 Å². The van der Waals surface area contributed by atoms with Crippen molar-refractivity contribution in [2.75, 3.05) is 5.75 Å². The minimum atomic E-state index is -1.06. The van der Waals surface area contributed by atoms with E-state index >= 15 is 0 Å². The molecule has 2 aromatic carbocycles. The van der Waals surface area contributed by atoms with Gasteiger partial charge < -0.3 is 4.42 Å². The third kappa shape index (κ3) is 3.80. The molecule has 0 fully saturated rings. The number of halogens is 3. The van der Waals surface area contributed by atoms with E-state index in [0.29, 0.717) is 16.5 Å². The lowest BCUT2D eigenvalue weighted by atomic mass is 10.1. The highest BCUT2D eigenvalue weighted by atomic mass is 35.5. The van der Waals surface area contributed by atoms with Crippen LogP contribution in [-0.4, -0.2) is 21.7 Å². The zero-order valence-electron chi connectivity index (χ0n) is 12.0. The van der Waals surface area contributed by atoms with Crippen LogP contribution in [0.3, 0.4) is 0 Å². The van der Waals surface area contributed by atoms with Crippen LogP contribution in [0, 0.1) is 11.6 Å². The van der Waals surface area contributed by atoms with E-state index in [1.807, 2.05) is 0 Å². The van der Waals surface area contributed by atoms with Crippen molar-refractivity contribution in [1.29, 1.82) is 0 Å². The number of rotatable bonds is 5. The number of carbonyl (C=O) groups excluding carboxylic acids is 1. The summed E-state index contributed by atoms with van der Waals surface area (Å²) in [5, 5.41) is 8.52. The van der Waals surface area contributed by atoms with E-state index in [1.165, 1.54) is 6.07 Å². The van der Waals surface area contributed by atoms with E-state index < -0.39 is 11.6 Å². The Morgan fingerprint density at radius 3 is 2.54 bits per heavy atom. The van der Waals surface area contributed by atoms with Gasteiger partial charge in [0, 0.05) is 16.1 Å². The highest BCUT2D eigenvalue weighted by molar-refractivity contribution is 7.99. The molecule has 0 bridgehead atoms. The normalized spacial score (nSPS) is 10.8. The van der Waals surface area contributed by atoms with Gasteiger partial charge in [0.25, 0.3) is 5.22 Å². The zero-order valence-corrected chi connectivity index (χ0v) is 13.6. The molecule has 0 radical (unpaired) electrons. The average Bonchev–Trinajstić information content (AvgIpc) is 3.05. The first-order valence-corrected chi connectivity index (χ1v) is 8.10. The first kappa shape index (κ1) is 16.6. The summed E-state index contributed by atoms with van der Waals surface area (Å²) in [6.45, 7) is 0. The summed E-state index contributed by atoms with van der Waals surface area (Å²) >= 11 is 6.83. The molecule has 4 nitrogen and oxygen atoms in total. The van der Waals surface area contributed by atoms with Gasteiger partial charge in [0.2, 0.25) is 5.89 Å². The Bertz CT molecular complexity index is 884. The number of hydrogen-bond acceptors (Lipinski definition) is 5. The Morgan fingerprint density at radius 2 is 1.83 bits per heavy atom. The number of ketones is 1. The van der Waals surface area contributed by atoms with Gasteiger partial charge in [-0.25, -0.2) is 8.78 Å². The molecule has 0 aliphatic carbocycles. The van der Waals surface area contributed by atoms with Crippen molar-refractivity contribution in [3.8, 4) is 11.5 Å². The molecule has 0 unspecified atom stereocenters. The molecule has 0 saturated carbocycles. The number of aromatic nitrogens is 2. The van der Waals surface area contributed by atoms with Crippen LogP contribution in [0.2, 0.25) is 5.02 Å². The molecule has 0 N–H and O–H groups in total. The van der Waals surface area contributed by atoms with Gasteiger partial charge in [-0.05, 0) is 42.5 Å². The lowest BCUT2D eigenvalue weighted by Gasteiger charge is -2.00. The second-order valence-corrected chi connectivity index (χ2v) is 6.08. The van der Waals surface area contributed by atoms with E-state index in [9.17, 15) is 13.6 Å². The smallest absolute Gasteiger partial charge is 0.277 e. The molecule has 0 spiro atoms. The monoisotopic (exact) mass is 366 g/mol. The van der Waals surface area contributed by atoms with Gasteiger partial charge in [0.1, 0.15) is 0 Å². The molecule has 0 amide bonds. The Balaban J connectivity index is 1.65. The van der Waals surface area contributed by atoms with Crippen molar-refractivity contribution < 1.29 is 18.0 Å². The van der Waals surface area contributed by atoms with Crippen LogP contribution in [0.5, 0.6) is 0 Å². The van der Waals surface area contributed by atoms with Crippen molar-refractivity contribution in [3.05, 3.63) is 64.7 Å². The molecule has 3 aromatic rings. The van der Waals surface area contributed by atoms with E-state index in [-0.39, 0.29) is 22.3 Å². The van der Waals surface area contributed by atoms with Crippen molar-refractivity contribution >= 4 is 29.1 Å². The Hall–Kier alpha value is -2.25. The van der Waals surface area contributed by atoms with Crippen LogP contribution in [0.4, 0.5) is 8.78 Å². The van der Waals surface area contributed by atoms with Gasteiger partial charge in [-0.3, -0.25) is 4.79 Å². The maximum Gasteiger partial charge on any atom is 0.277 e. The Labute approximate surface area is 144 Å². The minimum absolute atomic E-state index is 0.0344. The van der Waals surface area contributed by atoms with Crippen molar-refractivity contribution in [3.63, 3.8) is 0 Å². The largest absolute Gasteiger partial charge is 0.411 e. The lowest BCUT2D eigenvalue weighted by Crippen LogP contribution is -2.03. The molecular weight excluding hydrogens is 358 g/mol. The topological polar surface area (TPSA) is 56.0 Å². The summed E-state index contributed by atoms with van der Waals surface area (Å²) in [5.41, 5.74) is 0.782. The zero-order chi connectivity index (χ0) is 17.1. The maximum atomic E-state index is 13.1. The molecule has 0 atom stereocenters. The maximum absolute atomic E-state index is 13.1. The van der Waals surface area contributed by atoms with Crippen molar-refractivity contribution in [2.45, 2.75) is 5.22 Å². The summed E-state index contributed by atoms with van der Waals surface area (Å²) in [7, 11) is 0. The predicted molar refractivity (Wildman–Crippen MR) is 86.2 cm³/mol. The molecule has 1 heterocycles. The van der Waals surface area contributed by atoms with Crippen molar-refractivity contribution in [1.82, 2.24) is 10.2 Å². The molecule has 8 heteroatoms. The summed E-state index contributed by atoms with van der Waals surface area (Å²) in [6.07, 6.45) is 0. The highest BCUT2D eigenvalue weighted by Gasteiger charge is 2.14. The van der Waals surface area contributed by atoms with E-state index in [2.05, 4.69) is 10.2 Å². The molecular formula is C16H9ClF2N2O2S. The molecule has 0 aliphatic rings. The average molecular weight is 367 g/mol. The Kier molecular flexibility index (Phi) is 4.92. The van der Waals surface area contributed by atoms with E-state index in [4.69, 9.17) is 16.0 Å². The third-order valence-electron chi connectivity index (χ3n) is 3.07. The summed E-state index contributed by atoms with van der Waals surface area (Å²) in [6, 6.07) is 9.87. The lowest BCUT2D eigenvalue weighted by molar-refractivity contribution is 0.102.